The first-order valence-electron chi connectivity index (χ1n) is 11.0. The Kier molecular flexibility index (Phi) is 6.79. The van der Waals surface area contributed by atoms with E-state index in [1.54, 1.807) is 18.3 Å². The first-order valence-corrected chi connectivity index (χ1v) is 11.0. The second kappa shape index (κ2) is 9.90. The zero-order valence-electron chi connectivity index (χ0n) is 18.3. The monoisotopic (exact) mass is 417 g/mol. The van der Waals surface area contributed by atoms with Crippen LogP contribution >= 0.6 is 0 Å². The van der Waals surface area contributed by atoms with E-state index >= 15 is 0 Å². The van der Waals surface area contributed by atoms with Crippen LogP contribution in [0.25, 0.3) is 11.3 Å². The van der Waals surface area contributed by atoms with Crippen molar-refractivity contribution in [2.45, 2.75) is 38.9 Å². The summed E-state index contributed by atoms with van der Waals surface area (Å²) < 4.78 is 0. The van der Waals surface area contributed by atoms with Crippen molar-refractivity contribution in [3.8, 4) is 17.0 Å². The molecule has 0 saturated carbocycles. The van der Waals surface area contributed by atoms with E-state index in [0.717, 1.165) is 49.4 Å². The van der Waals surface area contributed by atoms with Crippen molar-refractivity contribution in [3.63, 3.8) is 0 Å². The largest absolute Gasteiger partial charge is 0.508 e. The van der Waals surface area contributed by atoms with Crippen LogP contribution in [0.2, 0.25) is 0 Å². The number of piperazine rings is 1. The molecule has 0 aliphatic carbocycles. The number of nitrogens with one attached hydrogen (secondary N) is 2. The number of anilines is 1. The number of aromatic nitrogens is 2. The Morgan fingerprint density at radius 2 is 1.81 bits per heavy atom. The molecule has 4 rings (SSSR count). The Bertz CT molecular complexity index is 981. The van der Waals surface area contributed by atoms with Crippen LogP contribution in [0, 0.1) is 0 Å². The van der Waals surface area contributed by atoms with Gasteiger partial charge in [0.1, 0.15) is 5.75 Å². The number of aromatic hydroxyl groups is 1. The zero-order valence-corrected chi connectivity index (χ0v) is 18.3. The maximum atomic E-state index is 9.39. The van der Waals surface area contributed by atoms with Gasteiger partial charge in [-0.05, 0) is 55.7 Å². The summed E-state index contributed by atoms with van der Waals surface area (Å²) in [5, 5.41) is 16.3. The molecule has 2 heterocycles. The number of benzene rings is 2. The van der Waals surface area contributed by atoms with Gasteiger partial charge in [0.2, 0.25) is 5.95 Å². The highest BCUT2D eigenvalue weighted by molar-refractivity contribution is 5.61. The van der Waals surface area contributed by atoms with E-state index in [4.69, 9.17) is 4.98 Å². The summed E-state index contributed by atoms with van der Waals surface area (Å²) in [5.41, 5.74) is 4.49. The predicted molar refractivity (Wildman–Crippen MR) is 125 cm³/mol. The Labute approximate surface area is 184 Å². The number of hydrogen-bond donors (Lipinski definition) is 3. The molecule has 1 aromatic heterocycles. The number of phenolic OH excluding ortho intramolecular Hbond substituents is 1. The molecule has 2 unspecified atom stereocenters. The summed E-state index contributed by atoms with van der Waals surface area (Å²) in [4.78, 5) is 11.6. The van der Waals surface area contributed by atoms with Gasteiger partial charge in [0.15, 0.2) is 0 Å². The molecule has 0 spiro atoms. The van der Waals surface area contributed by atoms with E-state index in [0.29, 0.717) is 18.0 Å². The van der Waals surface area contributed by atoms with Crippen LogP contribution in [0.15, 0.2) is 60.8 Å². The third kappa shape index (κ3) is 6.03. The number of nitrogens with zero attached hydrogens (tertiary/aromatic N) is 3. The lowest BCUT2D eigenvalue weighted by atomic mass is 10.1. The molecule has 0 radical (unpaired) electrons. The van der Waals surface area contributed by atoms with E-state index in [9.17, 15) is 5.11 Å². The first-order chi connectivity index (χ1) is 15.0. The van der Waals surface area contributed by atoms with Gasteiger partial charge in [-0.1, -0.05) is 30.3 Å². The second-order valence-electron chi connectivity index (χ2n) is 8.47. The molecule has 2 atom stereocenters. The molecule has 6 nitrogen and oxygen atoms in total. The van der Waals surface area contributed by atoms with Crippen LogP contribution in [-0.4, -0.2) is 51.7 Å². The average Bonchev–Trinajstić information content (AvgIpc) is 2.75. The second-order valence-corrected chi connectivity index (χ2v) is 8.47. The van der Waals surface area contributed by atoms with Crippen molar-refractivity contribution >= 4 is 5.95 Å². The molecule has 0 amide bonds. The quantitative estimate of drug-likeness (QED) is 0.545. The Morgan fingerprint density at radius 3 is 2.58 bits per heavy atom. The zero-order chi connectivity index (χ0) is 21.6. The molecule has 31 heavy (non-hydrogen) atoms. The Hall–Kier alpha value is -2.96. The minimum Gasteiger partial charge on any atom is -0.508 e. The fourth-order valence-corrected chi connectivity index (χ4v) is 4.24. The number of hydrogen-bond acceptors (Lipinski definition) is 6. The minimum absolute atomic E-state index is 0.288. The fourth-order valence-electron chi connectivity index (χ4n) is 4.24. The fraction of sp³-hybridized carbons (Fsp3) is 0.360. The maximum absolute atomic E-state index is 9.39. The van der Waals surface area contributed by atoms with E-state index in [2.05, 4.69) is 58.6 Å². The molecule has 162 valence electrons. The first kappa shape index (κ1) is 21.3. The predicted octanol–water partition coefficient (Wildman–Crippen LogP) is 3.69. The van der Waals surface area contributed by atoms with Gasteiger partial charge < -0.3 is 15.7 Å². The van der Waals surface area contributed by atoms with Gasteiger partial charge in [0, 0.05) is 50.0 Å². The number of phenols is 1. The molecule has 1 saturated heterocycles. The third-order valence-corrected chi connectivity index (χ3v) is 5.55. The lowest BCUT2D eigenvalue weighted by Gasteiger charge is -2.36. The molecule has 1 aliphatic rings. The SMILES string of the molecule is CC1CN(Cc2cccc(-c3ccnc(NCCc4ccc(O)cc4)n3)c2)CC(C)N1. The topological polar surface area (TPSA) is 73.3 Å². The van der Waals surface area contributed by atoms with Gasteiger partial charge >= 0.3 is 0 Å². The summed E-state index contributed by atoms with van der Waals surface area (Å²) in [6.45, 7) is 8.31. The van der Waals surface area contributed by atoms with Gasteiger partial charge in [-0.3, -0.25) is 4.90 Å². The van der Waals surface area contributed by atoms with Crippen LogP contribution in [-0.2, 0) is 13.0 Å². The molecular weight excluding hydrogens is 386 g/mol. The van der Waals surface area contributed by atoms with Crippen LogP contribution in [0.1, 0.15) is 25.0 Å². The smallest absolute Gasteiger partial charge is 0.223 e. The standard InChI is InChI=1S/C25H31N5O/c1-18-15-30(16-19(2)28-18)17-21-4-3-5-22(14-21)24-11-13-27-25(29-24)26-12-10-20-6-8-23(31)9-7-20/h3-9,11,13-14,18-19,28,31H,10,12,15-17H2,1-2H3,(H,26,27,29). The molecule has 1 fully saturated rings. The molecule has 2 aromatic carbocycles. The van der Waals surface area contributed by atoms with Crippen LogP contribution in [0.4, 0.5) is 5.95 Å². The third-order valence-electron chi connectivity index (χ3n) is 5.55. The maximum Gasteiger partial charge on any atom is 0.223 e. The van der Waals surface area contributed by atoms with Crippen molar-refractivity contribution in [2.75, 3.05) is 25.0 Å². The molecule has 0 bridgehead atoms. The van der Waals surface area contributed by atoms with E-state index in [1.165, 1.54) is 5.56 Å². The summed E-state index contributed by atoms with van der Waals surface area (Å²) in [6.07, 6.45) is 2.64. The highest BCUT2D eigenvalue weighted by Gasteiger charge is 2.20. The molecule has 1 aliphatic heterocycles. The molecule has 6 heteroatoms. The van der Waals surface area contributed by atoms with Crippen LogP contribution in [0.3, 0.4) is 0 Å². The van der Waals surface area contributed by atoms with Crippen molar-refractivity contribution in [1.82, 2.24) is 20.2 Å². The summed E-state index contributed by atoms with van der Waals surface area (Å²) in [7, 11) is 0. The summed E-state index contributed by atoms with van der Waals surface area (Å²) in [6, 6.07) is 18.9. The van der Waals surface area contributed by atoms with Gasteiger partial charge in [0.25, 0.3) is 0 Å². The van der Waals surface area contributed by atoms with Crippen molar-refractivity contribution in [1.29, 1.82) is 0 Å². The lowest BCUT2D eigenvalue weighted by Crippen LogP contribution is -2.53. The van der Waals surface area contributed by atoms with Crippen molar-refractivity contribution in [2.24, 2.45) is 0 Å². The Balaban J connectivity index is 1.39. The highest BCUT2D eigenvalue weighted by atomic mass is 16.3. The van der Waals surface area contributed by atoms with E-state index < -0.39 is 0 Å². The average molecular weight is 418 g/mol. The molecule has 3 aromatic rings. The molecule has 3 N–H and O–H groups in total. The Morgan fingerprint density at radius 1 is 1.03 bits per heavy atom. The van der Waals surface area contributed by atoms with Gasteiger partial charge in [-0.2, -0.15) is 0 Å². The van der Waals surface area contributed by atoms with Gasteiger partial charge in [-0.25, -0.2) is 9.97 Å². The van der Waals surface area contributed by atoms with Crippen LogP contribution in [0.5, 0.6) is 5.75 Å². The normalized spacial score (nSPS) is 19.3. The lowest BCUT2D eigenvalue weighted by molar-refractivity contribution is 0.166. The number of rotatable bonds is 7. The van der Waals surface area contributed by atoms with Gasteiger partial charge in [-0.15, -0.1) is 0 Å². The van der Waals surface area contributed by atoms with Crippen molar-refractivity contribution in [3.05, 3.63) is 71.9 Å². The van der Waals surface area contributed by atoms with E-state index in [-0.39, 0.29) is 5.75 Å². The van der Waals surface area contributed by atoms with Crippen molar-refractivity contribution < 1.29 is 5.11 Å². The minimum atomic E-state index is 0.288. The van der Waals surface area contributed by atoms with E-state index in [1.807, 2.05) is 18.2 Å². The van der Waals surface area contributed by atoms with Gasteiger partial charge in [0.05, 0.1) is 5.69 Å². The molecular formula is C25H31N5O. The summed E-state index contributed by atoms with van der Waals surface area (Å²) >= 11 is 0. The highest BCUT2D eigenvalue weighted by Crippen LogP contribution is 2.21. The summed E-state index contributed by atoms with van der Waals surface area (Å²) in [5.74, 6) is 0.919. The van der Waals surface area contributed by atoms with Crippen LogP contribution < -0.4 is 10.6 Å².